The van der Waals surface area contributed by atoms with Gasteiger partial charge in [0.2, 0.25) is 0 Å². The van der Waals surface area contributed by atoms with Gasteiger partial charge in [-0.15, -0.1) is 0 Å². The lowest BCUT2D eigenvalue weighted by Crippen LogP contribution is -2.67. The number of epoxide rings is 2. The Morgan fingerprint density at radius 1 is 0.533 bits per heavy atom. The molecule has 2 rings (SSSR count). The van der Waals surface area contributed by atoms with Crippen LogP contribution in [0.4, 0.5) is 0 Å². The Morgan fingerprint density at radius 2 is 0.867 bits per heavy atom. The van der Waals surface area contributed by atoms with Gasteiger partial charge in [-0.25, -0.2) is 0 Å². The molecule has 0 radical (unpaired) electrons. The smallest absolute Gasteiger partial charge is 0.120 e. The quantitative estimate of drug-likeness (QED) is 0.0862. The topological polar surface area (TPSA) is 166 Å². The monoisotopic (exact) mass is 637 g/mol. The molecule has 5 unspecified atom stereocenters. The molecule has 2 heterocycles. The van der Waals surface area contributed by atoms with Crippen LogP contribution in [0.15, 0.2) is 0 Å². The van der Waals surface area contributed by atoms with Crippen molar-refractivity contribution in [3.8, 4) is 0 Å². The maximum absolute atomic E-state index is 12.6. The molecule has 2 saturated heterocycles. The molecule has 9 nitrogen and oxygen atoms in total. The Hall–Kier alpha value is -1.71. The molecular formula is C36H61O9-3. The van der Waals surface area contributed by atoms with Crippen molar-refractivity contribution in [1.82, 2.24) is 0 Å². The molecule has 1 N–H and O–H groups in total. The SMILES string of the molecule is CCCCCCCCCCCC1OC1CCC(CCC1OC1CCCCCCCCCCC)(C(=O)[O-])C(O)(CC(=O)[O-])C(=O)[O-]. The van der Waals surface area contributed by atoms with Gasteiger partial charge >= 0.3 is 0 Å². The number of carbonyl (C=O) groups is 3. The van der Waals surface area contributed by atoms with Crippen molar-refractivity contribution in [2.45, 2.75) is 204 Å². The van der Waals surface area contributed by atoms with E-state index in [1.54, 1.807) is 0 Å². The Bertz CT molecular complexity index is 821. The summed E-state index contributed by atoms with van der Waals surface area (Å²) in [5.41, 5.74) is -5.57. The lowest BCUT2D eigenvalue weighted by atomic mass is 9.64. The third kappa shape index (κ3) is 13.9. The van der Waals surface area contributed by atoms with Gasteiger partial charge in [0, 0.05) is 17.8 Å². The van der Waals surface area contributed by atoms with Crippen LogP contribution in [0.1, 0.15) is 174 Å². The second kappa shape index (κ2) is 21.2. The molecule has 2 fully saturated rings. The number of hydrogen-bond donors (Lipinski definition) is 1. The van der Waals surface area contributed by atoms with Gasteiger partial charge in [0.1, 0.15) is 5.60 Å². The molecule has 0 amide bonds. The zero-order valence-corrected chi connectivity index (χ0v) is 28.2. The number of unbranched alkanes of at least 4 members (excludes halogenated alkanes) is 16. The predicted octanol–water partition coefficient (Wildman–Crippen LogP) is 4.28. The maximum atomic E-state index is 12.6. The van der Waals surface area contributed by atoms with Gasteiger partial charge in [0.15, 0.2) is 0 Å². The zero-order valence-electron chi connectivity index (χ0n) is 28.2. The van der Waals surface area contributed by atoms with Crippen LogP contribution in [-0.2, 0) is 23.9 Å². The normalized spacial score (nSPS) is 23.3. The third-order valence-corrected chi connectivity index (χ3v) is 10.2. The minimum atomic E-state index is -3.19. The van der Waals surface area contributed by atoms with E-state index in [-0.39, 0.29) is 50.1 Å². The highest BCUT2D eigenvalue weighted by molar-refractivity contribution is 5.90. The van der Waals surface area contributed by atoms with E-state index in [2.05, 4.69) is 13.8 Å². The molecule has 2 aliphatic rings. The summed E-state index contributed by atoms with van der Waals surface area (Å²) < 4.78 is 11.5. The van der Waals surface area contributed by atoms with E-state index in [0.717, 1.165) is 38.5 Å². The van der Waals surface area contributed by atoms with Crippen molar-refractivity contribution >= 4 is 17.9 Å². The van der Waals surface area contributed by atoms with Crippen LogP contribution in [0.25, 0.3) is 0 Å². The van der Waals surface area contributed by atoms with Gasteiger partial charge in [-0.05, 0) is 38.5 Å². The van der Waals surface area contributed by atoms with Crippen LogP contribution in [0, 0.1) is 5.41 Å². The fraction of sp³-hybridized carbons (Fsp3) is 0.917. The van der Waals surface area contributed by atoms with Gasteiger partial charge < -0.3 is 44.3 Å². The number of rotatable bonds is 31. The molecule has 45 heavy (non-hydrogen) atoms. The van der Waals surface area contributed by atoms with Gasteiger partial charge in [-0.3, -0.25) is 0 Å². The van der Waals surface area contributed by atoms with Crippen LogP contribution in [0.5, 0.6) is 0 Å². The van der Waals surface area contributed by atoms with E-state index >= 15 is 0 Å². The molecule has 2 aliphatic heterocycles. The molecule has 262 valence electrons. The van der Waals surface area contributed by atoms with E-state index in [1.807, 2.05) is 0 Å². The highest BCUT2D eigenvalue weighted by Gasteiger charge is 2.55. The van der Waals surface area contributed by atoms with Crippen molar-refractivity contribution < 1.29 is 44.3 Å². The largest absolute Gasteiger partial charge is 0.550 e. The number of hydrogen-bond acceptors (Lipinski definition) is 9. The molecule has 0 spiro atoms. The van der Waals surface area contributed by atoms with Gasteiger partial charge in [0.25, 0.3) is 0 Å². The molecule has 9 heteroatoms. The summed E-state index contributed by atoms with van der Waals surface area (Å²) >= 11 is 0. The van der Waals surface area contributed by atoms with E-state index in [0.29, 0.717) is 0 Å². The van der Waals surface area contributed by atoms with Gasteiger partial charge in [-0.2, -0.15) is 0 Å². The summed E-state index contributed by atoms with van der Waals surface area (Å²) in [5, 5.41) is 47.4. The summed E-state index contributed by atoms with van der Waals surface area (Å²) in [6, 6.07) is 0. The van der Waals surface area contributed by atoms with Crippen molar-refractivity contribution in [2.75, 3.05) is 0 Å². The first-order valence-corrected chi connectivity index (χ1v) is 18.3. The Balaban J connectivity index is 1.83. The van der Waals surface area contributed by atoms with Crippen LogP contribution in [-0.4, -0.2) is 53.0 Å². The number of carboxylic acids is 3. The minimum Gasteiger partial charge on any atom is -0.550 e. The Labute approximate surface area is 271 Å². The first-order valence-electron chi connectivity index (χ1n) is 18.3. The van der Waals surface area contributed by atoms with Crippen molar-refractivity contribution in [2.24, 2.45) is 5.41 Å². The van der Waals surface area contributed by atoms with E-state index < -0.39 is 35.3 Å². The summed E-state index contributed by atoms with van der Waals surface area (Å²) in [6.45, 7) is 4.42. The average molecular weight is 638 g/mol. The lowest BCUT2D eigenvalue weighted by molar-refractivity contribution is -0.358. The second-order valence-corrected chi connectivity index (χ2v) is 13.8. The summed E-state index contributed by atoms with van der Waals surface area (Å²) in [6.07, 6.45) is 21.1. The van der Waals surface area contributed by atoms with Crippen molar-refractivity contribution in [1.29, 1.82) is 0 Å². The summed E-state index contributed by atoms with van der Waals surface area (Å²) in [4.78, 5) is 36.3. The molecule has 0 aromatic heterocycles. The average Bonchev–Trinajstić information content (AvgIpc) is 3.92. The number of carboxylic acid groups (broad SMARTS) is 3. The van der Waals surface area contributed by atoms with Crippen molar-refractivity contribution in [3.05, 3.63) is 0 Å². The molecule has 0 bridgehead atoms. The fourth-order valence-electron chi connectivity index (χ4n) is 7.02. The number of aliphatic hydroxyl groups is 1. The van der Waals surface area contributed by atoms with E-state index in [9.17, 15) is 34.8 Å². The highest BCUT2D eigenvalue weighted by Crippen LogP contribution is 2.47. The van der Waals surface area contributed by atoms with Crippen molar-refractivity contribution in [3.63, 3.8) is 0 Å². The lowest BCUT2D eigenvalue weighted by Gasteiger charge is -2.49. The molecule has 0 aliphatic carbocycles. The molecule has 0 aromatic carbocycles. The minimum absolute atomic E-state index is 0.0429. The molecule has 5 atom stereocenters. The molecule has 0 aromatic rings. The summed E-state index contributed by atoms with van der Waals surface area (Å²) in [7, 11) is 0. The summed E-state index contributed by atoms with van der Waals surface area (Å²) in [5.74, 6) is -5.83. The number of aliphatic carboxylic acids is 3. The van der Waals surface area contributed by atoms with Crippen LogP contribution >= 0.6 is 0 Å². The second-order valence-electron chi connectivity index (χ2n) is 13.8. The Morgan fingerprint density at radius 3 is 1.18 bits per heavy atom. The first kappa shape index (κ1) is 39.5. The fourth-order valence-corrected chi connectivity index (χ4v) is 7.02. The van der Waals surface area contributed by atoms with Crippen LogP contribution in [0.3, 0.4) is 0 Å². The molecule has 0 saturated carbocycles. The number of carbonyl (C=O) groups excluding carboxylic acids is 3. The van der Waals surface area contributed by atoms with Crippen LogP contribution in [0.2, 0.25) is 0 Å². The van der Waals surface area contributed by atoms with E-state index in [1.165, 1.54) is 89.9 Å². The van der Waals surface area contributed by atoms with E-state index in [4.69, 9.17) is 9.47 Å². The first-order chi connectivity index (χ1) is 21.6. The highest BCUT2D eigenvalue weighted by atomic mass is 16.6. The maximum Gasteiger partial charge on any atom is 0.120 e. The molecular weight excluding hydrogens is 576 g/mol. The standard InChI is InChI=1S/C36H64O9/c1-3-5-7-9-11-13-15-17-19-21-28-30(44-28)23-25-35(33(39)40,36(43,34(41)42)27-32(37)38)26-24-31-29(45-31)22-20-18-16-14-12-10-8-6-4-2/h28-31,43H,3-27H2,1-2H3,(H,37,38)(H,39,40)(H,41,42)/p-3. The van der Waals surface area contributed by atoms with Gasteiger partial charge in [-0.1, -0.05) is 129 Å². The third-order valence-electron chi connectivity index (χ3n) is 10.2. The predicted molar refractivity (Wildman–Crippen MR) is 166 cm³/mol. The van der Waals surface area contributed by atoms with Gasteiger partial charge in [0.05, 0.1) is 36.4 Å². The number of ether oxygens (including phenoxy) is 2. The Kier molecular flexibility index (Phi) is 18.6. The van der Waals surface area contributed by atoms with Crippen LogP contribution < -0.4 is 15.3 Å². The zero-order chi connectivity index (χ0) is 33.1.